The summed E-state index contributed by atoms with van der Waals surface area (Å²) in [5, 5.41) is 19.5. The van der Waals surface area contributed by atoms with Crippen LogP contribution in [-0.4, -0.2) is 9.91 Å². The van der Waals surface area contributed by atoms with Crippen LogP contribution in [0.25, 0.3) is 0 Å². The van der Waals surface area contributed by atoms with E-state index < -0.39 is 4.92 Å². The Morgan fingerprint density at radius 2 is 2.17 bits per heavy atom. The van der Waals surface area contributed by atoms with Crippen molar-refractivity contribution in [3.63, 3.8) is 0 Å². The number of nitro benzene ring substituents is 1. The molecule has 88 valence electrons. The molecule has 6 nitrogen and oxygen atoms in total. The van der Waals surface area contributed by atoms with Crippen LogP contribution in [0, 0.1) is 21.4 Å². The summed E-state index contributed by atoms with van der Waals surface area (Å²) in [6.07, 6.45) is 3.11. The molecule has 0 spiro atoms. The number of aromatic nitrogens is 1. The summed E-state index contributed by atoms with van der Waals surface area (Å²) in [6.45, 7) is 0. The van der Waals surface area contributed by atoms with Crippen molar-refractivity contribution in [2.75, 3.05) is 0 Å². The fourth-order valence-corrected chi connectivity index (χ4v) is 1.37. The lowest BCUT2D eigenvalue weighted by molar-refractivity contribution is -0.385. The Balaban J connectivity index is 2.32. The fraction of sp³-hybridized carbons (Fsp3) is 0. The first-order valence-corrected chi connectivity index (χ1v) is 4.97. The van der Waals surface area contributed by atoms with Crippen LogP contribution < -0.4 is 4.74 Å². The lowest BCUT2D eigenvalue weighted by Crippen LogP contribution is -1.93. The molecule has 2 aromatic rings. The quantitative estimate of drug-likeness (QED) is 0.608. The molecule has 0 aliphatic rings. The molecule has 0 N–H and O–H groups in total. The molecular weight excluding hydrogens is 234 g/mol. The molecule has 0 bridgehead atoms. The van der Waals surface area contributed by atoms with Crippen molar-refractivity contribution >= 4 is 5.69 Å². The monoisotopic (exact) mass is 241 g/mol. The van der Waals surface area contributed by atoms with Crippen molar-refractivity contribution < 1.29 is 9.66 Å². The Morgan fingerprint density at radius 1 is 1.33 bits per heavy atom. The second kappa shape index (κ2) is 4.93. The normalized spacial score (nSPS) is 9.50. The van der Waals surface area contributed by atoms with Crippen LogP contribution in [0.2, 0.25) is 0 Å². The first-order chi connectivity index (χ1) is 8.70. The molecule has 0 saturated carbocycles. The van der Waals surface area contributed by atoms with Gasteiger partial charge in [-0.05, 0) is 18.2 Å². The van der Waals surface area contributed by atoms with Crippen molar-refractivity contribution in [1.29, 1.82) is 5.26 Å². The van der Waals surface area contributed by atoms with Gasteiger partial charge in [0, 0.05) is 18.3 Å². The lowest BCUT2D eigenvalue weighted by Gasteiger charge is -2.04. The number of nitrogens with zero attached hydrogens (tertiary/aromatic N) is 3. The number of hydrogen-bond acceptors (Lipinski definition) is 5. The number of nitriles is 1. The highest BCUT2D eigenvalue weighted by molar-refractivity contribution is 5.52. The molecular formula is C12H7N3O3. The minimum absolute atomic E-state index is 0.0404. The van der Waals surface area contributed by atoms with Gasteiger partial charge in [0.15, 0.2) is 0 Å². The molecule has 1 heterocycles. The SMILES string of the molecule is N#Cc1cc(Oc2cccnc2)ccc1[N+](=O)[O-]. The van der Waals surface area contributed by atoms with Gasteiger partial charge in [-0.15, -0.1) is 0 Å². The van der Waals surface area contributed by atoms with Crippen molar-refractivity contribution in [2.45, 2.75) is 0 Å². The molecule has 1 aromatic heterocycles. The molecule has 0 atom stereocenters. The maximum absolute atomic E-state index is 10.7. The topological polar surface area (TPSA) is 89.0 Å². The molecule has 0 aliphatic carbocycles. The Bertz CT molecular complexity index is 620. The van der Waals surface area contributed by atoms with E-state index in [9.17, 15) is 10.1 Å². The molecule has 0 amide bonds. The van der Waals surface area contributed by atoms with E-state index in [4.69, 9.17) is 10.00 Å². The van der Waals surface area contributed by atoms with E-state index in [1.807, 2.05) is 0 Å². The van der Waals surface area contributed by atoms with Crippen molar-refractivity contribution in [3.05, 3.63) is 58.4 Å². The molecule has 0 aliphatic heterocycles. The van der Waals surface area contributed by atoms with E-state index in [1.54, 1.807) is 24.4 Å². The number of nitro groups is 1. The van der Waals surface area contributed by atoms with Gasteiger partial charge in [0.25, 0.3) is 5.69 Å². The third-order valence-corrected chi connectivity index (χ3v) is 2.16. The average Bonchev–Trinajstić information content (AvgIpc) is 2.39. The molecule has 2 rings (SSSR count). The first-order valence-electron chi connectivity index (χ1n) is 4.97. The minimum Gasteiger partial charge on any atom is -0.456 e. The highest BCUT2D eigenvalue weighted by Crippen LogP contribution is 2.26. The summed E-state index contributed by atoms with van der Waals surface area (Å²) < 4.78 is 5.42. The van der Waals surface area contributed by atoms with Gasteiger partial charge < -0.3 is 4.74 Å². The first kappa shape index (κ1) is 11.5. The summed E-state index contributed by atoms with van der Waals surface area (Å²) in [7, 11) is 0. The number of rotatable bonds is 3. The van der Waals surface area contributed by atoms with Crippen LogP contribution >= 0.6 is 0 Å². The summed E-state index contributed by atoms with van der Waals surface area (Å²) in [5.74, 6) is 0.848. The molecule has 0 saturated heterocycles. The number of pyridine rings is 1. The van der Waals surface area contributed by atoms with Crippen molar-refractivity contribution in [1.82, 2.24) is 4.98 Å². The summed E-state index contributed by atoms with van der Waals surface area (Å²) >= 11 is 0. The van der Waals surface area contributed by atoms with E-state index in [1.165, 1.54) is 24.4 Å². The van der Waals surface area contributed by atoms with Crippen LogP contribution in [0.15, 0.2) is 42.7 Å². The Kier molecular flexibility index (Phi) is 3.16. The van der Waals surface area contributed by atoms with Crippen LogP contribution in [0.4, 0.5) is 5.69 Å². The van der Waals surface area contributed by atoms with Crippen LogP contribution in [-0.2, 0) is 0 Å². The number of benzene rings is 1. The number of hydrogen-bond donors (Lipinski definition) is 0. The van der Waals surface area contributed by atoms with Gasteiger partial charge in [-0.3, -0.25) is 15.1 Å². The van der Waals surface area contributed by atoms with Gasteiger partial charge in [0.1, 0.15) is 23.1 Å². The second-order valence-corrected chi connectivity index (χ2v) is 3.34. The molecule has 0 fully saturated rings. The third-order valence-electron chi connectivity index (χ3n) is 2.16. The van der Waals surface area contributed by atoms with Gasteiger partial charge >= 0.3 is 0 Å². The Morgan fingerprint density at radius 3 is 2.78 bits per heavy atom. The molecule has 6 heteroatoms. The molecule has 0 radical (unpaired) electrons. The molecule has 1 aromatic carbocycles. The average molecular weight is 241 g/mol. The predicted molar refractivity (Wildman–Crippen MR) is 62.1 cm³/mol. The van der Waals surface area contributed by atoms with E-state index in [2.05, 4.69) is 4.98 Å². The van der Waals surface area contributed by atoms with Crippen LogP contribution in [0.3, 0.4) is 0 Å². The van der Waals surface area contributed by atoms with E-state index in [0.717, 1.165) is 0 Å². The van der Waals surface area contributed by atoms with Crippen molar-refractivity contribution in [2.24, 2.45) is 0 Å². The fourth-order valence-electron chi connectivity index (χ4n) is 1.37. The van der Waals surface area contributed by atoms with Crippen LogP contribution in [0.1, 0.15) is 5.56 Å². The zero-order valence-corrected chi connectivity index (χ0v) is 9.11. The smallest absolute Gasteiger partial charge is 0.287 e. The Labute approximate surface area is 102 Å². The van der Waals surface area contributed by atoms with E-state index >= 15 is 0 Å². The van der Waals surface area contributed by atoms with E-state index in [0.29, 0.717) is 11.5 Å². The van der Waals surface area contributed by atoms with Gasteiger partial charge in [-0.1, -0.05) is 0 Å². The molecule has 0 unspecified atom stereocenters. The standard InChI is InChI=1S/C12H7N3O3/c13-7-9-6-10(3-4-12(9)15(16)17)18-11-2-1-5-14-8-11/h1-6,8H. The highest BCUT2D eigenvalue weighted by Gasteiger charge is 2.14. The second-order valence-electron chi connectivity index (χ2n) is 3.34. The summed E-state index contributed by atoms with van der Waals surface area (Å²) in [4.78, 5) is 13.9. The highest BCUT2D eigenvalue weighted by atomic mass is 16.6. The van der Waals surface area contributed by atoms with E-state index in [-0.39, 0.29) is 11.3 Å². The van der Waals surface area contributed by atoms with Gasteiger partial charge in [0.2, 0.25) is 0 Å². The van der Waals surface area contributed by atoms with Crippen molar-refractivity contribution in [3.8, 4) is 17.6 Å². The summed E-state index contributed by atoms with van der Waals surface area (Å²) in [5.41, 5.74) is -0.280. The minimum atomic E-state index is -0.605. The lowest BCUT2D eigenvalue weighted by atomic mass is 10.2. The van der Waals surface area contributed by atoms with Crippen LogP contribution in [0.5, 0.6) is 11.5 Å². The number of ether oxygens (including phenoxy) is 1. The maximum Gasteiger partial charge on any atom is 0.287 e. The van der Waals surface area contributed by atoms with Gasteiger partial charge in [-0.2, -0.15) is 5.26 Å². The zero-order valence-electron chi connectivity index (χ0n) is 9.11. The third kappa shape index (κ3) is 2.41. The largest absolute Gasteiger partial charge is 0.456 e. The Hall–Kier alpha value is -2.94. The van der Waals surface area contributed by atoms with Gasteiger partial charge in [0.05, 0.1) is 11.1 Å². The zero-order chi connectivity index (χ0) is 13.0. The maximum atomic E-state index is 10.7. The molecule has 18 heavy (non-hydrogen) atoms. The summed E-state index contributed by atoms with van der Waals surface area (Å²) in [6, 6.07) is 9.16. The van der Waals surface area contributed by atoms with Gasteiger partial charge in [-0.25, -0.2) is 0 Å². The predicted octanol–water partition coefficient (Wildman–Crippen LogP) is 2.65.